The molecule has 5 heteroatoms. The van der Waals surface area contributed by atoms with Crippen LogP contribution in [0.25, 0.3) is 0 Å². The van der Waals surface area contributed by atoms with Crippen LogP contribution in [0.15, 0.2) is 18.2 Å². The Bertz CT molecular complexity index is 321. The van der Waals surface area contributed by atoms with Crippen LogP contribution in [0.4, 0.5) is 15.8 Å². The first kappa shape index (κ1) is 10.3. The number of anilines is 2. The number of amides is 1. The molecule has 0 fully saturated rings. The maximum atomic E-state index is 12.8. The maximum absolute atomic E-state index is 12.8. The van der Waals surface area contributed by atoms with Gasteiger partial charge in [-0.15, -0.1) is 0 Å². The summed E-state index contributed by atoms with van der Waals surface area (Å²) in [6, 6.07) is 4.05. The molecule has 0 heterocycles. The summed E-state index contributed by atoms with van der Waals surface area (Å²) in [5.41, 5.74) is 6.23. The highest BCUT2D eigenvalue weighted by Gasteiger charge is 2.00. The van der Waals surface area contributed by atoms with Crippen LogP contribution in [0.3, 0.4) is 0 Å². The summed E-state index contributed by atoms with van der Waals surface area (Å²) < 4.78 is 12.8. The van der Waals surface area contributed by atoms with Gasteiger partial charge in [-0.25, -0.2) is 4.39 Å². The van der Waals surface area contributed by atoms with Gasteiger partial charge in [-0.2, -0.15) is 0 Å². The van der Waals surface area contributed by atoms with Gasteiger partial charge in [0.15, 0.2) is 0 Å². The molecule has 0 bridgehead atoms. The number of nitrogens with one attached hydrogen (secondary N) is 2. The van der Waals surface area contributed by atoms with E-state index in [4.69, 9.17) is 5.73 Å². The molecule has 0 saturated heterocycles. The van der Waals surface area contributed by atoms with Gasteiger partial charge < -0.3 is 16.4 Å². The first-order valence-corrected chi connectivity index (χ1v) is 4.12. The van der Waals surface area contributed by atoms with E-state index < -0.39 is 5.82 Å². The molecule has 0 aliphatic heterocycles. The van der Waals surface area contributed by atoms with Gasteiger partial charge in [0, 0.05) is 18.4 Å². The topological polar surface area (TPSA) is 67.2 Å². The van der Waals surface area contributed by atoms with Crippen LogP contribution in [-0.4, -0.2) is 19.5 Å². The lowest BCUT2D eigenvalue weighted by molar-refractivity contribution is -0.118. The number of halogens is 1. The Labute approximate surface area is 81.3 Å². The molecule has 0 unspecified atom stereocenters. The lowest BCUT2D eigenvalue weighted by Crippen LogP contribution is -2.26. The summed E-state index contributed by atoms with van der Waals surface area (Å²) in [5.74, 6) is -0.600. The molecule has 14 heavy (non-hydrogen) atoms. The predicted molar refractivity (Wildman–Crippen MR) is 53.4 cm³/mol. The molecule has 4 nitrogen and oxygen atoms in total. The first-order valence-electron chi connectivity index (χ1n) is 4.12. The Morgan fingerprint density at radius 3 is 2.79 bits per heavy atom. The predicted octanol–water partition coefficient (Wildman–Crippen LogP) is 0.566. The van der Waals surface area contributed by atoms with Gasteiger partial charge in [0.25, 0.3) is 0 Å². The van der Waals surface area contributed by atoms with Gasteiger partial charge in [-0.3, -0.25) is 4.79 Å². The van der Waals surface area contributed by atoms with Crippen molar-refractivity contribution in [2.24, 2.45) is 0 Å². The number of carbonyl (C=O) groups is 1. The van der Waals surface area contributed by atoms with Gasteiger partial charge in [-0.1, -0.05) is 0 Å². The minimum absolute atomic E-state index is 0.0966. The van der Waals surface area contributed by atoms with Crippen molar-refractivity contribution in [3.63, 3.8) is 0 Å². The molecule has 0 aliphatic rings. The lowest BCUT2D eigenvalue weighted by atomic mass is 10.2. The van der Waals surface area contributed by atoms with Crippen molar-refractivity contribution >= 4 is 17.3 Å². The van der Waals surface area contributed by atoms with E-state index in [1.54, 1.807) is 6.07 Å². The monoisotopic (exact) mass is 197 g/mol. The van der Waals surface area contributed by atoms with E-state index >= 15 is 0 Å². The average molecular weight is 197 g/mol. The number of hydrogen-bond acceptors (Lipinski definition) is 3. The van der Waals surface area contributed by atoms with E-state index in [0.29, 0.717) is 11.4 Å². The SMILES string of the molecule is CNC(=O)CNc1cc(N)cc(F)c1. The van der Waals surface area contributed by atoms with Gasteiger partial charge in [0.2, 0.25) is 5.91 Å². The highest BCUT2D eigenvalue weighted by molar-refractivity contribution is 5.80. The Morgan fingerprint density at radius 1 is 1.50 bits per heavy atom. The summed E-state index contributed by atoms with van der Waals surface area (Å²) in [6.45, 7) is 0.0966. The number of hydrogen-bond donors (Lipinski definition) is 3. The first-order chi connectivity index (χ1) is 6.61. The molecule has 1 rings (SSSR count). The summed E-state index contributed by atoms with van der Waals surface area (Å²) in [4.78, 5) is 10.9. The third-order valence-electron chi connectivity index (χ3n) is 1.65. The number of nitrogens with two attached hydrogens (primary N) is 1. The van der Waals surface area contributed by atoms with Crippen molar-refractivity contribution in [3.05, 3.63) is 24.0 Å². The van der Waals surface area contributed by atoms with E-state index in [1.807, 2.05) is 0 Å². The van der Waals surface area contributed by atoms with Crippen molar-refractivity contribution in [3.8, 4) is 0 Å². The van der Waals surface area contributed by atoms with Crippen LogP contribution >= 0.6 is 0 Å². The van der Waals surface area contributed by atoms with Crippen LogP contribution in [0.1, 0.15) is 0 Å². The third-order valence-corrected chi connectivity index (χ3v) is 1.65. The second-order valence-corrected chi connectivity index (χ2v) is 2.80. The molecule has 0 atom stereocenters. The van der Waals surface area contributed by atoms with Gasteiger partial charge in [0.1, 0.15) is 5.82 Å². The second kappa shape index (κ2) is 4.45. The summed E-state index contributed by atoms with van der Waals surface area (Å²) in [7, 11) is 1.53. The quantitative estimate of drug-likeness (QED) is 0.620. The molecule has 0 aromatic heterocycles. The third kappa shape index (κ3) is 2.93. The minimum atomic E-state index is -0.426. The summed E-state index contributed by atoms with van der Waals surface area (Å²) in [5, 5.41) is 5.18. The molecule has 76 valence electrons. The number of benzene rings is 1. The molecule has 4 N–H and O–H groups in total. The molecular formula is C9H12FN3O. The van der Waals surface area contributed by atoms with E-state index in [0.717, 1.165) is 0 Å². The van der Waals surface area contributed by atoms with E-state index in [1.165, 1.54) is 19.2 Å². The maximum Gasteiger partial charge on any atom is 0.239 e. The zero-order valence-electron chi connectivity index (χ0n) is 7.80. The second-order valence-electron chi connectivity index (χ2n) is 2.80. The molecule has 0 saturated carbocycles. The molecular weight excluding hydrogens is 185 g/mol. The Kier molecular flexibility index (Phi) is 3.28. The fraction of sp³-hybridized carbons (Fsp3) is 0.222. The largest absolute Gasteiger partial charge is 0.399 e. The molecule has 1 amide bonds. The molecule has 0 aliphatic carbocycles. The number of carbonyl (C=O) groups excluding carboxylic acids is 1. The van der Waals surface area contributed by atoms with Crippen molar-refractivity contribution in [2.45, 2.75) is 0 Å². The number of nitrogen functional groups attached to an aromatic ring is 1. The highest BCUT2D eigenvalue weighted by atomic mass is 19.1. The fourth-order valence-electron chi connectivity index (χ4n) is 0.985. The van der Waals surface area contributed by atoms with Gasteiger partial charge in [0.05, 0.1) is 6.54 Å². The molecule has 0 spiro atoms. The molecule has 1 aromatic rings. The Balaban J connectivity index is 2.63. The normalized spacial score (nSPS) is 9.57. The van der Waals surface area contributed by atoms with E-state index in [9.17, 15) is 9.18 Å². The molecule has 1 aromatic carbocycles. The minimum Gasteiger partial charge on any atom is -0.399 e. The van der Waals surface area contributed by atoms with Gasteiger partial charge in [-0.05, 0) is 18.2 Å². The number of rotatable bonds is 3. The van der Waals surface area contributed by atoms with Crippen LogP contribution in [0, 0.1) is 5.82 Å². The zero-order chi connectivity index (χ0) is 10.6. The summed E-state index contributed by atoms with van der Waals surface area (Å²) >= 11 is 0. The average Bonchev–Trinajstić information content (AvgIpc) is 2.12. The summed E-state index contributed by atoms with van der Waals surface area (Å²) in [6.07, 6.45) is 0. The van der Waals surface area contributed by atoms with Crippen LogP contribution < -0.4 is 16.4 Å². The Hall–Kier alpha value is -1.78. The smallest absolute Gasteiger partial charge is 0.239 e. The standard InChI is InChI=1S/C9H12FN3O/c1-12-9(14)5-13-8-3-6(10)2-7(11)4-8/h2-4,13H,5,11H2,1H3,(H,12,14). The fourth-order valence-corrected chi connectivity index (χ4v) is 0.985. The van der Waals surface area contributed by atoms with Crippen molar-refractivity contribution in [2.75, 3.05) is 24.6 Å². The van der Waals surface area contributed by atoms with Crippen LogP contribution in [0.5, 0.6) is 0 Å². The van der Waals surface area contributed by atoms with Gasteiger partial charge >= 0.3 is 0 Å². The van der Waals surface area contributed by atoms with Crippen molar-refractivity contribution < 1.29 is 9.18 Å². The van der Waals surface area contributed by atoms with E-state index in [-0.39, 0.29) is 12.5 Å². The van der Waals surface area contributed by atoms with E-state index in [2.05, 4.69) is 10.6 Å². The lowest BCUT2D eigenvalue weighted by Gasteiger charge is -2.06. The highest BCUT2D eigenvalue weighted by Crippen LogP contribution is 2.14. The Morgan fingerprint density at radius 2 is 2.21 bits per heavy atom. The zero-order valence-corrected chi connectivity index (χ0v) is 7.80. The van der Waals surface area contributed by atoms with Crippen LogP contribution in [-0.2, 0) is 4.79 Å². The van der Waals surface area contributed by atoms with Crippen LogP contribution in [0.2, 0.25) is 0 Å². The number of likely N-dealkylation sites (N-methyl/N-ethyl adjacent to an activating group) is 1. The van der Waals surface area contributed by atoms with Crippen molar-refractivity contribution in [1.82, 2.24) is 5.32 Å². The molecule has 0 radical (unpaired) electrons. The van der Waals surface area contributed by atoms with Crippen molar-refractivity contribution in [1.29, 1.82) is 0 Å².